The number of thiazole rings is 1. The number of rotatable bonds is 7. The molecule has 3 rings (SSSR count). The minimum Gasteiger partial charge on any atom is -0.378 e. The van der Waals surface area contributed by atoms with E-state index in [0.717, 1.165) is 58.2 Å². The van der Waals surface area contributed by atoms with E-state index in [9.17, 15) is 0 Å². The van der Waals surface area contributed by atoms with Crippen LogP contribution in [-0.4, -0.2) is 50.8 Å². The molecule has 0 bridgehead atoms. The van der Waals surface area contributed by atoms with E-state index in [1.165, 1.54) is 21.1 Å². The zero-order valence-electron chi connectivity index (χ0n) is 16.2. The third kappa shape index (κ3) is 5.94. The van der Waals surface area contributed by atoms with Gasteiger partial charge in [0.25, 0.3) is 0 Å². The molecule has 1 aromatic heterocycles. The Morgan fingerprint density at radius 3 is 2.67 bits per heavy atom. The molecule has 1 aliphatic heterocycles. The van der Waals surface area contributed by atoms with Gasteiger partial charge in [-0.3, -0.25) is 4.99 Å². The Hall–Kier alpha value is -2.12. The molecule has 1 fully saturated rings. The SMILES string of the molecule is CCc1cnc(CCNC(=NC)NCc2ccc(N3CCOCC3)cc2)s1. The first-order valence-corrected chi connectivity index (χ1v) is 10.4. The predicted octanol–water partition coefficient (Wildman–Crippen LogP) is 2.45. The second kappa shape index (κ2) is 10.3. The van der Waals surface area contributed by atoms with Gasteiger partial charge in [-0.25, -0.2) is 4.98 Å². The number of benzene rings is 1. The number of ether oxygens (including phenoxy) is 1. The van der Waals surface area contributed by atoms with Gasteiger partial charge >= 0.3 is 0 Å². The Morgan fingerprint density at radius 2 is 2.00 bits per heavy atom. The minimum absolute atomic E-state index is 0.750. The van der Waals surface area contributed by atoms with Crippen molar-refractivity contribution in [1.82, 2.24) is 15.6 Å². The molecule has 27 heavy (non-hydrogen) atoms. The van der Waals surface area contributed by atoms with Crippen LogP contribution in [0.3, 0.4) is 0 Å². The van der Waals surface area contributed by atoms with Gasteiger partial charge < -0.3 is 20.3 Å². The number of nitrogens with zero attached hydrogens (tertiary/aromatic N) is 3. The van der Waals surface area contributed by atoms with E-state index in [2.05, 4.69) is 56.7 Å². The molecule has 0 saturated carbocycles. The lowest BCUT2D eigenvalue weighted by atomic mass is 10.2. The van der Waals surface area contributed by atoms with E-state index in [1.807, 2.05) is 6.20 Å². The Labute approximate surface area is 165 Å². The number of anilines is 1. The molecular weight excluding hydrogens is 358 g/mol. The van der Waals surface area contributed by atoms with E-state index >= 15 is 0 Å². The van der Waals surface area contributed by atoms with Gasteiger partial charge in [0.1, 0.15) is 0 Å². The summed E-state index contributed by atoms with van der Waals surface area (Å²) in [7, 11) is 1.80. The summed E-state index contributed by atoms with van der Waals surface area (Å²) in [5, 5.41) is 7.91. The summed E-state index contributed by atoms with van der Waals surface area (Å²) >= 11 is 1.79. The van der Waals surface area contributed by atoms with Crippen LogP contribution in [0.25, 0.3) is 0 Å². The van der Waals surface area contributed by atoms with E-state index in [-0.39, 0.29) is 0 Å². The topological polar surface area (TPSA) is 61.8 Å². The minimum atomic E-state index is 0.750. The van der Waals surface area contributed by atoms with Gasteiger partial charge in [0, 0.05) is 56.4 Å². The molecule has 2 heterocycles. The monoisotopic (exact) mass is 387 g/mol. The van der Waals surface area contributed by atoms with Crippen LogP contribution in [0, 0.1) is 0 Å². The van der Waals surface area contributed by atoms with Crippen LogP contribution in [0.5, 0.6) is 0 Å². The number of hydrogen-bond acceptors (Lipinski definition) is 5. The maximum atomic E-state index is 5.41. The first-order valence-electron chi connectivity index (χ1n) is 9.58. The number of aryl methyl sites for hydroxylation is 1. The van der Waals surface area contributed by atoms with Gasteiger partial charge in [0.15, 0.2) is 5.96 Å². The molecule has 2 aromatic rings. The van der Waals surface area contributed by atoms with Crippen LogP contribution in [0.4, 0.5) is 5.69 Å². The number of aromatic nitrogens is 1. The van der Waals surface area contributed by atoms with Gasteiger partial charge in [-0.05, 0) is 24.1 Å². The highest BCUT2D eigenvalue weighted by Crippen LogP contribution is 2.16. The fourth-order valence-corrected chi connectivity index (χ4v) is 3.83. The summed E-state index contributed by atoms with van der Waals surface area (Å²) in [6.45, 7) is 7.29. The average Bonchev–Trinajstić information content (AvgIpc) is 3.19. The third-order valence-corrected chi connectivity index (χ3v) is 5.78. The lowest BCUT2D eigenvalue weighted by Crippen LogP contribution is -2.38. The molecule has 0 atom stereocenters. The number of morpholine rings is 1. The number of aliphatic imine (C=N–C) groups is 1. The molecular formula is C20H29N5OS. The second-order valence-electron chi connectivity index (χ2n) is 6.44. The van der Waals surface area contributed by atoms with Crippen LogP contribution in [0.1, 0.15) is 22.4 Å². The Morgan fingerprint density at radius 1 is 1.22 bits per heavy atom. The van der Waals surface area contributed by atoms with E-state index < -0.39 is 0 Å². The van der Waals surface area contributed by atoms with Gasteiger partial charge in [0.05, 0.1) is 18.2 Å². The normalized spacial score (nSPS) is 15.0. The van der Waals surface area contributed by atoms with Gasteiger partial charge in [-0.1, -0.05) is 19.1 Å². The van der Waals surface area contributed by atoms with Crippen molar-refractivity contribution in [2.24, 2.45) is 4.99 Å². The van der Waals surface area contributed by atoms with Gasteiger partial charge in [-0.15, -0.1) is 11.3 Å². The summed E-state index contributed by atoms with van der Waals surface area (Å²) in [6, 6.07) is 8.72. The molecule has 1 aliphatic rings. The highest BCUT2D eigenvalue weighted by molar-refractivity contribution is 7.11. The smallest absolute Gasteiger partial charge is 0.191 e. The molecule has 1 aromatic carbocycles. The van der Waals surface area contributed by atoms with Crippen molar-refractivity contribution in [3.05, 3.63) is 45.9 Å². The standard InChI is InChI=1S/C20H29N5OS/c1-3-18-15-23-19(27-18)8-9-22-20(21-2)24-14-16-4-6-17(7-5-16)25-10-12-26-13-11-25/h4-7,15H,3,8-14H2,1-2H3,(H2,21,22,24). The van der Waals surface area contributed by atoms with Crippen molar-refractivity contribution in [2.75, 3.05) is 44.8 Å². The first kappa shape index (κ1) is 19.6. The molecule has 1 saturated heterocycles. The second-order valence-corrected chi connectivity index (χ2v) is 7.64. The lowest BCUT2D eigenvalue weighted by Gasteiger charge is -2.28. The maximum Gasteiger partial charge on any atom is 0.191 e. The van der Waals surface area contributed by atoms with Crippen molar-refractivity contribution in [3.63, 3.8) is 0 Å². The Kier molecular flexibility index (Phi) is 7.47. The van der Waals surface area contributed by atoms with Crippen molar-refractivity contribution in [2.45, 2.75) is 26.3 Å². The van der Waals surface area contributed by atoms with Gasteiger partial charge in [0.2, 0.25) is 0 Å². The van der Waals surface area contributed by atoms with Crippen LogP contribution < -0.4 is 15.5 Å². The average molecular weight is 388 g/mol. The largest absolute Gasteiger partial charge is 0.378 e. The molecule has 0 aliphatic carbocycles. The van der Waals surface area contributed by atoms with E-state index in [0.29, 0.717) is 0 Å². The molecule has 146 valence electrons. The molecule has 0 radical (unpaired) electrons. The van der Waals surface area contributed by atoms with Crippen molar-refractivity contribution in [3.8, 4) is 0 Å². The van der Waals surface area contributed by atoms with E-state index in [1.54, 1.807) is 18.4 Å². The Bertz CT molecular complexity index is 722. The molecule has 0 unspecified atom stereocenters. The highest BCUT2D eigenvalue weighted by atomic mass is 32.1. The fraction of sp³-hybridized carbons (Fsp3) is 0.500. The van der Waals surface area contributed by atoms with Crippen molar-refractivity contribution < 1.29 is 4.74 Å². The van der Waals surface area contributed by atoms with Crippen molar-refractivity contribution in [1.29, 1.82) is 0 Å². The summed E-state index contributed by atoms with van der Waals surface area (Å²) in [4.78, 5) is 12.5. The van der Waals surface area contributed by atoms with Crippen molar-refractivity contribution >= 4 is 23.0 Å². The van der Waals surface area contributed by atoms with Crippen LogP contribution in [0.15, 0.2) is 35.5 Å². The summed E-state index contributed by atoms with van der Waals surface area (Å²) in [5.74, 6) is 0.819. The van der Waals surface area contributed by atoms with Gasteiger partial charge in [-0.2, -0.15) is 0 Å². The summed E-state index contributed by atoms with van der Waals surface area (Å²) in [6.07, 6.45) is 3.95. The Balaban J connectivity index is 1.42. The van der Waals surface area contributed by atoms with Crippen LogP contribution in [-0.2, 0) is 24.1 Å². The fourth-order valence-electron chi connectivity index (χ4n) is 2.97. The molecule has 2 N–H and O–H groups in total. The molecule has 6 nitrogen and oxygen atoms in total. The van der Waals surface area contributed by atoms with Crippen LogP contribution >= 0.6 is 11.3 Å². The first-order chi connectivity index (χ1) is 13.3. The number of nitrogens with one attached hydrogen (secondary N) is 2. The van der Waals surface area contributed by atoms with E-state index in [4.69, 9.17) is 4.74 Å². The maximum absolute atomic E-state index is 5.41. The molecule has 0 amide bonds. The number of hydrogen-bond donors (Lipinski definition) is 2. The predicted molar refractivity (Wildman–Crippen MR) is 113 cm³/mol. The zero-order chi connectivity index (χ0) is 18.9. The molecule has 7 heteroatoms. The number of guanidine groups is 1. The molecule has 0 spiro atoms. The van der Waals surface area contributed by atoms with Crippen LogP contribution in [0.2, 0.25) is 0 Å². The quantitative estimate of drug-likeness (QED) is 0.564. The lowest BCUT2D eigenvalue weighted by molar-refractivity contribution is 0.122. The zero-order valence-corrected chi connectivity index (χ0v) is 17.0. The third-order valence-electron chi connectivity index (χ3n) is 4.58. The highest BCUT2D eigenvalue weighted by Gasteiger charge is 2.10. The summed E-state index contributed by atoms with van der Waals surface area (Å²) in [5.41, 5.74) is 2.50. The summed E-state index contributed by atoms with van der Waals surface area (Å²) < 4.78 is 5.41.